The van der Waals surface area contributed by atoms with Crippen molar-refractivity contribution in [2.45, 2.75) is 30.8 Å². The summed E-state index contributed by atoms with van der Waals surface area (Å²) in [5.41, 5.74) is 8.02. The highest BCUT2D eigenvalue weighted by molar-refractivity contribution is 5.83. The molecular formula is C13H17NO7. The number of fused-ring (bicyclic) bond motifs is 1. The Hall–Kier alpha value is -2.00. The summed E-state index contributed by atoms with van der Waals surface area (Å²) in [6.45, 7) is 0. The number of aliphatic hydroxyl groups excluding tert-OH is 3. The summed E-state index contributed by atoms with van der Waals surface area (Å²) >= 11 is 0. The minimum atomic E-state index is -2.27. The van der Waals surface area contributed by atoms with Gasteiger partial charge in [-0.2, -0.15) is 0 Å². The second kappa shape index (κ2) is 7.14. The van der Waals surface area contributed by atoms with Crippen molar-refractivity contribution in [3.05, 3.63) is 35.4 Å². The molecule has 0 radical (unpaired) electrons. The van der Waals surface area contributed by atoms with Crippen LogP contribution >= 0.6 is 0 Å². The molecule has 1 aromatic carbocycles. The first-order valence-corrected chi connectivity index (χ1v) is 6.09. The van der Waals surface area contributed by atoms with Crippen molar-refractivity contribution in [1.29, 1.82) is 0 Å². The number of carboxylic acids is 2. The van der Waals surface area contributed by atoms with Crippen LogP contribution in [0.5, 0.6) is 0 Å². The first kappa shape index (κ1) is 17.1. The van der Waals surface area contributed by atoms with Crippen molar-refractivity contribution in [2.75, 3.05) is 0 Å². The van der Waals surface area contributed by atoms with E-state index in [-0.39, 0.29) is 12.1 Å². The van der Waals surface area contributed by atoms with E-state index in [9.17, 15) is 14.7 Å². The molecule has 2 unspecified atom stereocenters. The molecule has 1 aliphatic carbocycles. The summed E-state index contributed by atoms with van der Waals surface area (Å²) in [6, 6.07) is 7.76. The van der Waals surface area contributed by atoms with Gasteiger partial charge in [-0.25, -0.2) is 9.59 Å². The molecule has 0 saturated heterocycles. The molecule has 1 aliphatic rings. The molecule has 8 nitrogen and oxygen atoms in total. The molecule has 2 rings (SSSR count). The number of carboxylic acid groups (broad SMARTS) is 2. The Balaban J connectivity index is 0.000000212. The summed E-state index contributed by atoms with van der Waals surface area (Å²) in [6.07, 6.45) is -4.21. The fourth-order valence-corrected chi connectivity index (χ4v) is 1.87. The third kappa shape index (κ3) is 4.23. The minimum absolute atomic E-state index is 0.175. The number of carbonyl (C=O) groups is 2. The third-order valence-corrected chi connectivity index (χ3v) is 3.06. The number of nitrogens with two attached hydrogens (primary N) is 1. The molecule has 8 heteroatoms. The largest absolute Gasteiger partial charge is 0.479 e. The predicted octanol–water partition coefficient (Wildman–Crippen LogP) is -1.52. The van der Waals surface area contributed by atoms with Crippen molar-refractivity contribution < 1.29 is 35.1 Å². The highest BCUT2D eigenvalue weighted by Gasteiger charge is 2.29. The summed E-state index contributed by atoms with van der Waals surface area (Å²) in [4.78, 5) is 19.5. The Kier molecular flexibility index (Phi) is 5.79. The SMILES string of the molecule is N[C@H]1c2ccccc2C[C@H]1O.O=C(O)C(O)C(O)C(=O)O. The molecule has 0 heterocycles. The molecule has 0 aromatic heterocycles. The zero-order valence-corrected chi connectivity index (χ0v) is 11.0. The van der Waals surface area contributed by atoms with Crippen LogP contribution in [0.3, 0.4) is 0 Å². The Morgan fingerprint density at radius 2 is 1.57 bits per heavy atom. The van der Waals surface area contributed by atoms with Crippen LogP contribution in [0, 0.1) is 0 Å². The molecule has 0 saturated carbocycles. The molecule has 0 aliphatic heterocycles. The van der Waals surface area contributed by atoms with Crippen molar-refractivity contribution in [2.24, 2.45) is 5.73 Å². The van der Waals surface area contributed by atoms with Gasteiger partial charge in [0.15, 0.2) is 12.2 Å². The zero-order chi connectivity index (χ0) is 16.2. The van der Waals surface area contributed by atoms with Crippen LogP contribution in [0.1, 0.15) is 17.2 Å². The van der Waals surface area contributed by atoms with Gasteiger partial charge in [-0.3, -0.25) is 0 Å². The monoisotopic (exact) mass is 299 g/mol. The van der Waals surface area contributed by atoms with E-state index in [1.54, 1.807) is 0 Å². The number of hydrogen-bond acceptors (Lipinski definition) is 6. The molecule has 116 valence electrons. The van der Waals surface area contributed by atoms with E-state index in [1.807, 2.05) is 24.3 Å². The predicted molar refractivity (Wildman–Crippen MR) is 70.4 cm³/mol. The summed E-state index contributed by atoms with van der Waals surface area (Å²) < 4.78 is 0. The molecular weight excluding hydrogens is 282 g/mol. The van der Waals surface area contributed by atoms with Crippen molar-refractivity contribution >= 4 is 11.9 Å². The van der Waals surface area contributed by atoms with Crippen molar-refractivity contribution in [3.63, 3.8) is 0 Å². The smallest absolute Gasteiger partial charge is 0.335 e. The van der Waals surface area contributed by atoms with Crippen molar-refractivity contribution in [1.82, 2.24) is 0 Å². The zero-order valence-electron chi connectivity index (χ0n) is 11.0. The average molecular weight is 299 g/mol. The normalized spacial score (nSPS) is 22.5. The number of aliphatic carboxylic acids is 2. The molecule has 21 heavy (non-hydrogen) atoms. The standard InChI is InChI=1S/C9H11NO.C4H6O6/c10-9-7-4-2-1-3-6(7)5-8(9)11;5-1(3(7)8)2(6)4(9)10/h1-4,8-9,11H,5,10H2;1-2,5-6H,(H,7,8)(H,9,10)/t8-,9+;/m1./s1. The lowest BCUT2D eigenvalue weighted by Crippen LogP contribution is -2.39. The van der Waals surface area contributed by atoms with Gasteiger partial charge in [-0.1, -0.05) is 24.3 Å². The molecule has 0 bridgehead atoms. The second-order valence-corrected chi connectivity index (χ2v) is 4.56. The minimum Gasteiger partial charge on any atom is -0.479 e. The molecule has 7 N–H and O–H groups in total. The fraction of sp³-hybridized carbons (Fsp3) is 0.385. The maximum atomic E-state index is 9.77. The maximum absolute atomic E-state index is 9.77. The van der Waals surface area contributed by atoms with Gasteiger partial charge in [-0.15, -0.1) is 0 Å². The van der Waals surface area contributed by atoms with E-state index in [0.29, 0.717) is 6.42 Å². The third-order valence-electron chi connectivity index (χ3n) is 3.06. The first-order valence-electron chi connectivity index (χ1n) is 6.09. The second-order valence-electron chi connectivity index (χ2n) is 4.56. The number of benzene rings is 1. The van der Waals surface area contributed by atoms with E-state index >= 15 is 0 Å². The summed E-state index contributed by atoms with van der Waals surface area (Å²) in [5.74, 6) is -3.54. The lowest BCUT2D eigenvalue weighted by atomic mass is 10.1. The fourth-order valence-electron chi connectivity index (χ4n) is 1.87. The maximum Gasteiger partial charge on any atom is 0.335 e. The average Bonchev–Trinajstić information content (AvgIpc) is 2.73. The summed E-state index contributed by atoms with van der Waals surface area (Å²) in [5, 5.41) is 41.9. The Morgan fingerprint density at radius 1 is 1.10 bits per heavy atom. The van der Waals surface area contributed by atoms with Crippen LogP contribution in [0.25, 0.3) is 0 Å². The van der Waals surface area contributed by atoms with E-state index in [0.717, 1.165) is 5.56 Å². The molecule has 1 aromatic rings. The van der Waals surface area contributed by atoms with Crippen LogP contribution in [0.15, 0.2) is 24.3 Å². The number of aliphatic hydroxyl groups is 3. The molecule has 0 amide bonds. The Morgan fingerprint density at radius 3 is 2.00 bits per heavy atom. The number of hydrogen-bond donors (Lipinski definition) is 6. The van der Waals surface area contributed by atoms with E-state index in [2.05, 4.69) is 0 Å². The van der Waals surface area contributed by atoms with Gasteiger partial charge in [0.2, 0.25) is 0 Å². The Bertz CT molecular complexity index is 501. The topological polar surface area (TPSA) is 161 Å². The molecule has 0 spiro atoms. The van der Waals surface area contributed by atoms with Gasteiger partial charge in [0, 0.05) is 6.42 Å². The highest BCUT2D eigenvalue weighted by Crippen LogP contribution is 2.28. The van der Waals surface area contributed by atoms with Crippen LogP contribution in [-0.2, 0) is 16.0 Å². The van der Waals surface area contributed by atoms with Crippen LogP contribution in [0.4, 0.5) is 0 Å². The van der Waals surface area contributed by atoms with Gasteiger partial charge < -0.3 is 31.3 Å². The van der Waals surface area contributed by atoms with Gasteiger partial charge in [0.25, 0.3) is 0 Å². The van der Waals surface area contributed by atoms with E-state index < -0.39 is 24.1 Å². The summed E-state index contributed by atoms with van der Waals surface area (Å²) in [7, 11) is 0. The Labute approximate surface area is 120 Å². The highest BCUT2D eigenvalue weighted by atomic mass is 16.4. The van der Waals surface area contributed by atoms with Crippen LogP contribution in [0.2, 0.25) is 0 Å². The molecule has 0 fully saturated rings. The van der Waals surface area contributed by atoms with Gasteiger partial charge >= 0.3 is 11.9 Å². The first-order chi connectivity index (χ1) is 9.75. The quantitative estimate of drug-likeness (QED) is 0.392. The number of rotatable bonds is 3. The van der Waals surface area contributed by atoms with Gasteiger partial charge in [-0.05, 0) is 11.1 Å². The molecule has 4 atom stereocenters. The lowest BCUT2D eigenvalue weighted by Gasteiger charge is -2.07. The van der Waals surface area contributed by atoms with Gasteiger partial charge in [0.1, 0.15) is 0 Å². The van der Waals surface area contributed by atoms with Crippen LogP contribution < -0.4 is 5.73 Å². The van der Waals surface area contributed by atoms with E-state index in [4.69, 9.17) is 26.2 Å². The van der Waals surface area contributed by atoms with Crippen molar-refractivity contribution in [3.8, 4) is 0 Å². The lowest BCUT2D eigenvalue weighted by molar-refractivity contribution is -0.165. The van der Waals surface area contributed by atoms with Crippen LogP contribution in [-0.4, -0.2) is 55.8 Å². The van der Waals surface area contributed by atoms with E-state index in [1.165, 1.54) is 5.56 Å². The van der Waals surface area contributed by atoms with Gasteiger partial charge in [0.05, 0.1) is 12.1 Å².